The van der Waals surface area contributed by atoms with E-state index in [0.29, 0.717) is 12.6 Å². The second-order valence-electron chi connectivity index (χ2n) is 5.26. The van der Waals surface area contributed by atoms with Crippen LogP contribution in [-0.4, -0.2) is 14.9 Å². The van der Waals surface area contributed by atoms with Gasteiger partial charge in [0.2, 0.25) is 0 Å². The maximum atomic E-state index is 5.03. The SMILES string of the molecule is Cc1cc(CNCc2ccn(C3CCCC3)n2)no1. The quantitative estimate of drug-likeness (QED) is 0.897. The Bertz CT molecular complexity index is 525. The van der Waals surface area contributed by atoms with Crippen LogP contribution < -0.4 is 5.32 Å². The summed E-state index contributed by atoms with van der Waals surface area (Å²) in [5, 5.41) is 11.9. The zero-order chi connectivity index (χ0) is 13.1. The highest BCUT2D eigenvalue weighted by Crippen LogP contribution is 2.28. The summed E-state index contributed by atoms with van der Waals surface area (Å²) in [5.41, 5.74) is 2.03. The first kappa shape index (κ1) is 12.4. The summed E-state index contributed by atoms with van der Waals surface area (Å²) in [5.74, 6) is 0.849. The lowest BCUT2D eigenvalue weighted by atomic mass is 10.3. The second-order valence-corrected chi connectivity index (χ2v) is 5.26. The lowest BCUT2D eigenvalue weighted by Crippen LogP contribution is -2.14. The van der Waals surface area contributed by atoms with Gasteiger partial charge in [-0.05, 0) is 25.8 Å². The van der Waals surface area contributed by atoms with Gasteiger partial charge in [-0.25, -0.2) is 0 Å². The van der Waals surface area contributed by atoms with Gasteiger partial charge in [0.15, 0.2) is 0 Å². The van der Waals surface area contributed by atoms with Crippen LogP contribution >= 0.6 is 0 Å². The molecule has 5 heteroatoms. The van der Waals surface area contributed by atoms with Crippen molar-refractivity contribution in [1.82, 2.24) is 20.3 Å². The van der Waals surface area contributed by atoms with Gasteiger partial charge in [-0.15, -0.1) is 0 Å². The molecular formula is C14H20N4O. The van der Waals surface area contributed by atoms with Crippen LogP contribution in [0.15, 0.2) is 22.9 Å². The molecule has 5 nitrogen and oxygen atoms in total. The normalized spacial score (nSPS) is 16.3. The molecule has 1 saturated carbocycles. The minimum Gasteiger partial charge on any atom is -0.361 e. The zero-order valence-corrected chi connectivity index (χ0v) is 11.3. The molecule has 19 heavy (non-hydrogen) atoms. The molecule has 3 rings (SSSR count). The average Bonchev–Trinajstić information content (AvgIpc) is 3.09. The Hall–Kier alpha value is -1.62. The van der Waals surface area contributed by atoms with E-state index in [-0.39, 0.29) is 0 Å². The fourth-order valence-electron chi connectivity index (χ4n) is 2.66. The Morgan fingerprint density at radius 1 is 1.32 bits per heavy atom. The third-order valence-electron chi connectivity index (χ3n) is 3.65. The Balaban J connectivity index is 1.50. The molecular weight excluding hydrogens is 240 g/mol. The maximum Gasteiger partial charge on any atom is 0.133 e. The van der Waals surface area contributed by atoms with Crippen molar-refractivity contribution < 1.29 is 4.52 Å². The van der Waals surface area contributed by atoms with Crippen LogP contribution in [0.1, 0.15) is 48.9 Å². The van der Waals surface area contributed by atoms with E-state index >= 15 is 0 Å². The number of aryl methyl sites for hydroxylation is 1. The van der Waals surface area contributed by atoms with E-state index in [9.17, 15) is 0 Å². The highest BCUT2D eigenvalue weighted by atomic mass is 16.5. The fourth-order valence-corrected chi connectivity index (χ4v) is 2.66. The monoisotopic (exact) mass is 260 g/mol. The van der Waals surface area contributed by atoms with Crippen molar-refractivity contribution in [3.8, 4) is 0 Å². The van der Waals surface area contributed by atoms with Crippen LogP contribution in [0.4, 0.5) is 0 Å². The van der Waals surface area contributed by atoms with Gasteiger partial charge < -0.3 is 9.84 Å². The van der Waals surface area contributed by atoms with Gasteiger partial charge in [0.05, 0.1) is 17.4 Å². The van der Waals surface area contributed by atoms with Crippen molar-refractivity contribution in [1.29, 1.82) is 0 Å². The van der Waals surface area contributed by atoms with Crippen molar-refractivity contribution in [3.05, 3.63) is 35.5 Å². The molecule has 1 aliphatic rings. The molecule has 0 atom stereocenters. The Kier molecular flexibility index (Phi) is 3.64. The smallest absolute Gasteiger partial charge is 0.133 e. The van der Waals surface area contributed by atoms with Crippen LogP contribution in [0.3, 0.4) is 0 Å². The van der Waals surface area contributed by atoms with E-state index in [1.807, 2.05) is 13.0 Å². The van der Waals surface area contributed by atoms with Gasteiger partial charge in [0.25, 0.3) is 0 Å². The molecule has 2 aromatic heterocycles. The van der Waals surface area contributed by atoms with Crippen molar-refractivity contribution >= 4 is 0 Å². The summed E-state index contributed by atoms with van der Waals surface area (Å²) < 4.78 is 7.16. The molecule has 0 aromatic carbocycles. The summed E-state index contributed by atoms with van der Waals surface area (Å²) in [6.07, 6.45) is 7.32. The molecule has 0 radical (unpaired) electrons. The molecule has 0 bridgehead atoms. The fraction of sp³-hybridized carbons (Fsp3) is 0.571. The largest absolute Gasteiger partial charge is 0.361 e. The highest BCUT2D eigenvalue weighted by molar-refractivity contribution is 5.04. The topological polar surface area (TPSA) is 55.9 Å². The first-order chi connectivity index (χ1) is 9.31. The third-order valence-corrected chi connectivity index (χ3v) is 3.65. The number of nitrogens with one attached hydrogen (secondary N) is 1. The van der Waals surface area contributed by atoms with Gasteiger partial charge in [-0.3, -0.25) is 4.68 Å². The average molecular weight is 260 g/mol. The lowest BCUT2D eigenvalue weighted by molar-refractivity contribution is 0.388. The first-order valence-corrected chi connectivity index (χ1v) is 6.98. The molecule has 2 aromatic rings. The lowest BCUT2D eigenvalue weighted by Gasteiger charge is -2.08. The van der Waals surface area contributed by atoms with Gasteiger partial charge in [0, 0.05) is 25.4 Å². The molecule has 0 spiro atoms. The van der Waals surface area contributed by atoms with Crippen molar-refractivity contribution in [3.63, 3.8) is 0 Å². The summed E-state index contributed by atoms with van der Waals surface area (Å²) in [4.78, 5) is 0. The molecule has 2 heterocycles. The van der Waals surface area contributed by atoms with E-state index in [4.69, 9.17) is 4.52 Å². The van der Waals surface area contributed by atoms with Gasteiger partial charge in [0.1, 0.15) is 5.76 Å². The number of aromatic nitrogens is 3. The second kappa shape index (κ2) is 5.57. The van der Waals surface area contributed by atoms with Gasteiger partial charge in [-0.2, -0.15) is 5.10 Å². The molecule has 1 fully saturated rings. The Morgan fingerprint density at radius 2 is 2.11 bits per heavy atom. The van der Waals surface area contributed by atoms with Crippen molar-refractivity contribution in [2.75, 3.05) is 0 Å². The molecule has 0 saturated heterocycles. The van der Waals surface area contributed by atoms with Crippen molar-refractivity contribution in [2.24, 2.45) is 0 Å². The van der Waals surface area contributed by atoms with Crippen LogP contribution in [0, 0.1) is 6.92 Å². The first-order valence-electron chi connectivity index (χ1n) is 6.98. The summed E-state index contributed by atoms with van der Waals surface area (Å²) >= 11 is 0. The van der Waals surface area contributed by atoms with Crippen LogP contribution in [-0.2, 0) is 13.1 Å². The van der Waals surface area contributed by atoms with Crippen molar-refractivity contribution in [2.45, 2.75) is 51.7 Å². The number of hydrogen-bond donors (Lipinski definition) is 1. The van der Waals surface area contributed by atoms with Gasteiger partial charge >= 0.3 is 0 Å². The maximum absolute atomic E-state index is 5.03. The minimum absolute atomic E-state index is 0.618. The molecule has 0 unspecified atom stereocenters. The highest BCUT2D eigenvalue weighted by Gasteiger charge is 2.17. The third kappa shape index (κ3) is 3.04. The van der Waals surface area contributed by atoms with E-state index in [2.05, 4.69) is 32.5 Å². The molecule has 0 amide bonds. The van der Waals surface area contributed by atoms with Gasteiger partial charge in [-0.1, -0.05) is 18.0 Å². The molecule has 1 N–H and O–H groups in total. The van der Waals surface area contributed by atoms with E-state index < -0.39 is 0 Å². The van der Waals surface area contributed by atoms with E-state index in [1.54, 1.807) is 0 Å². The van der Waals surface area contributed by atoms with E-state index in [1.165, 1.54) is 25.7 Å². The van der Waals surface area contributed by atoms with Crippen LogP contribution in [0.2, 0.25) is 0 Å². The summed E-state index contributed by atoms with van der Waals surface area (Å²) in [6.45, 7) is 3.39. The molecule has 0 aliphatic heterocycles. The molecule has 102 valence electrons. The number of rotatable bonds is 5. The summed E-state index contributed by atoms with van der Waals surface area (Å²) in [6, 6.07) is 4.66. The van der Waals surface area contributed by atoms with E-state index in [0.717, 1.165) is 23.7 Å². The number of hydrogen-bond acceptors (Lipinski definition) is 4. The Labute approximate surface area is 113 Å². The van der Waals surface area contributed by atoms with Crippen LogP contribution in [0.5, 0.6) is 0 Å². The zero-order valence-electron chi connectivity index (χ0n) is 11.3. The predicted molar refractivity (Wildman–Crippen MR) is 71.5 cm³/mol. The van der Waals surface area contributed by atoms with Crippen LogP contribution in [0.25, 0.3) is 0 Å². The standard InChI is InChI=1S/C14H20N4O/c1-11-8-13(17-19-11)10-15-9-12-6-7-18(16-12)14-4-2-3-5-14/h6-8,14-15H,2-5,9-10H2,1H3. The minimum atomic E-state index is 0.618. The number of nitrogens with zero attached hydrogens (tertiary/aromatic N) is 3. The Morgan fingerprint density at radius 3 is 2.84 bits per heavy atom. The predicted octanol–water partition coefficient (Wildman–Crippen LogP) is 2.58. The summed E-state index contributed by atoms with van der Waals surface area (Å²) in [7, 11) is 0. The molecule has 1 aliphatic carbocycles.